The molecule has 0 unspecified atom stereocenters. The molecule has 230 valence electrons. The molecule has 1 amide bonds. The van der Waals surface area contributed by atoms with Crippen LogP contribution in [0.2, 0.25) is 5.02 Å². The Bertz CT molecular complexity index is 1820. The maximum atomic E-state index is 12.7. The van der Waals surface area contributed by atoms with Crippen molar-refractivity contribution in [3.05, 3.63) is 134 Å². The molecule has 0 radical (unpaired) electrons. The number of hydrogen-bond acceptors (Lipinski definition) is 8. The molecule has 1 N–H and O–H groups in total. The Hall–Kier alpha value is -5.55. The summed E-state index contributed by atoms with van der Waals surface area (Å²) in [6, 6.07) is 24.2. The van der Waals surface area contributed by atoms with Crippen molar-refractivity contribution in [3.8, 4) is 22.9 Å². The van der Waals surface area contributed by atoms with Crippen molar-refractivity contribution < 1.29 is 28.3 Å². The van der Waals surface area contributed by atoms with Crippen LogP contribution in [0.3, 0.4) is 0 Å². The summed E-state index contributed by atoms with van der Waals surface area (Å²) in [4.78, 5) is 23.1. The highest BCUT2D eigenvalue weighted by molar-refractivity contribution is 6.31. The molecule has 0 aliphatic heterocycles. The summed E-state index contributed by atoms with van der Waals surface area (Å²) in [6.45, 7) is 4.34. The molecule has 0 aliphatic carbocycles. The van der Waals surface area contributed by atoms with Crippen molar-refractivity contribution in [1.82, 2.24) is 9.99 Å². The Labute approximate surface area is 263 Å². The van der Waals surface area contributed by atoms with Crippen LogP contribution < -0.4 is 19.6 Å². The maximum absolute atomic E-state index is 12.7. The van der Waals surface area contributed by atoms with Crippen molar-refractivity contribution >= 4 is 29.4 Å². The van der Waals surface area contributed by atoms with Crippen LogP contribution in [-0.4, -0.2) is 28.7 Å². The number of nitro benzene ring substituents is 1. The third-order valence-corrected chi connectivity index (χ3v) is 7.02. The van der Waals surface area contributed by atoms with Crippen LogP contribution in [0.5, 0.6) is 17.2 Å². The first-order valence-corrected chi connectivity index (χ1v) is 14.1. The van der Waals surface area contributed by atoms with Crippen molar-refractivity contribution in [3.63, 3.8) is 0 Å². The number of nitro groups is 1. The van der Waals surface area contributed by atoms with Crippen LogP contribution in [0.4, 0.5) is 5.69 Å². The molecule has 5 rings (SSSR count). The standard InChI is InChI=1S/C33H29ClN4O7/c1-21-4-5-22(2)37(21)26-10-12-28(13-11-26)43-20-29-14-15-30(45-29)33(39)36-35-18-24-16-25(34)17-31(42-3)32(24)44-19-23-6-8-27(9-7-23)38(40)41/h4-18H,19-20H2,1-3H3,(H,36,39). The van der Waals surface area contributed by atoms with Crippen molar-refractivity contribution in [2.45, 2.75) is 27.1 Å². The Morgan fingerprint density at radius 2 is 1.69 bits per heavy atom. The van der Waals surface area contributed by atoms with Gasteiger partial charge in [-0.1, -0.05) is 11.6 Å². The summed E-state index contributed by atoms with van der Waals surface area (Å²) in [5.41, 5.74) is 6.87. The van der Waals surface area contributed by atoms with Crippen LogP contribution in [0.1, 0.15) is 38.8 Å². The second-order valence-corrected chi connectivity index (χ2v) is 10.4. The van der Waals surface area contributed by atoms with E-state index < -0.39 is 10.8 Å². The van der Waals surface area contributed by atoms with Crippen molar-refractivity contribution in [2.24, 2.45) is 5.10 Å². The Morgan fingerprint density at radius 1 is 0.978 bits per heavy atom. The molecule has 2 heterocycles. The van der Waals surface area contributed by atoms with Gasteiger partial charge >= 0.3 is 5.91 Å². The fraction of sp³-hybridized carbons (Fsp3) is 0.152. The van der Waals surface area contributed by atoms with Crippen LogP contribution in [-0.2, 0) is 13.2 Å². The van der Waals surface area contributed by atoms with E-state index in [-0.39, 0.29) is 24.7 Å². The number of non-ortho nitro benzene ring substituents is 1. The molecule has 0 fully saturated rings. The van der Waals surface area contributed by atoms with Gasteiger partial charge in [0.15, 0.2) is 17.3 Å². The average molecular weight is 629 g/mol. The molecule has 3 aromatic carbocycles. The topological polar surface area (TPSA) is 130 Å². The van der Waals surface area contributed by atoms with Gasteiger partial charge < -0.3 is 23.2 Å². The predicted octanol–water partition coefficient (Wildman–Crippen LogP) is 7.18. The van der Waals surface area contributed by atoms with E-state index in [1.807, 2.05) is 24.3 Å². The number of carbonyl (C=O) groups excluding carboxylic acids is 1. The zero-order chi connectivity index (χ0) is 31.9. The lowest BCUT2D eigenvalue weighted by molar-refractivity contribution is -0.384. The zero-order valence-electron chi connectivity index (χ0n) is 24.7. The first-order valence-electron chi connectivity index (χ1n) is 13.8. The number of carbonyl (C=O) groups is 1. The van der Waals surface area contributed by atoms with Gasteiger partial charge in [-0.05, 0) is 86.1 Å². The molecule has 12 heteroatoms. The molecule has 0 saturated heterocycles. The van der Waals surface area contributed by atoms with Crippen molar-refractivity contribution in [1.29, 1.82) is 0 Å². The highest BCUT2D eigenvalue weighted by Gasteiger charge is 2.15. The number of halogens is 1. The lowest BCUT2D eigenvalue weighted by atomic mass is 10.2. The van der Waals surface area contributed by atoms with Crippen LogP contribution >= 0.6 is 11.6 Å². The van der Waals surface area contributed by atoms with E-state index in [4.69, 9.17) is 30.2 Å². The second-order valence-electron chi connectivity index (χ2n) is 9.94. The van der Waals surface area contributed by atoms with Gasteiger partial charge in [0.2, 0.25) is 0 Å². The third-order valence-electron chi connectivity index (χ3n) is 6.80. The number of nitrogens with one attached hydrogen (secondary N) is 1. The fourth-order valence-corrected chi connectivity index (χ4v) is 4.79. The minimum Gasteiger partial charge on any atom is -0.493 e. The summed E-state index contributed by atoms with van der Waals surface area (Å²) in [5, 5.41) is 15.3. The summed E-state index contributed by atoms with van der Waals surface area (Å²) < 4.78 is 25.0. The molecule has 0 saturated carbocycles. The fourth-order valence-electron chi connectivity index (χ4n) is 4.57. The average Bonchev–Trinajstić information content (AvgIpc) is 3.65. The molecule has 11 nitrogen and oxygen atoms in total. The highest BCUT2D eigenvalue weighted by Crippen LogP contribution is 2.34. The molecule has 45 heavy (non-hydrogen) atoms. The van der Waals surface area contributed by atoms with Crippen LogP contribution in [0.15, 0.2) is 94.4 Å². The molecule has 0 aliphatic rings. The number of nitrogens with zero attached hydrogens (tertiary/aromatic N) is 3. The van der Waals surface area contributed by atoms with E-state index >= 15 is 0 Å². The number of furan rings is 1. The summed E-state index contributed by atoms with van der Waals surface area (Å²) in [7, 11) is 1.46. The van der Waals surface area contributed by atoms with Gasteiger partial charge in [0.25, 0.3) is 5.69 Å². The number of aromatic nitrogens is 1. The molecule has 0 spiro atoms. The minimum atomic E-state index is -0.568. The summed E-state index contributed by atoms with van der Waals surface area (Å²) in [5.74, 6) is 1.28. The largest absolute Gasteiger partial charge is 0.493 e. The first-order chi connectivity index (χ1) is 21.7. The maximum Gasteiger partial charge on any atom is 0.307 e. The Kier molecular flexibility index (Phi) is 9.49. The monoisotopic (exact) mass is 628 g/mol. The normalized spacial score (nSPS) is 11.0. The lowest BCUT2D eigenvalue weighted by Gasteiger charge is -2.14. The van der Waals surface area contributed by atoms with Gasteiger partial charge in [0.05, 0.1) is 18.2 Å². The van der Waals surface area contributed by atoms with Gasteiger partial charge in [-0.2, -0.15) is 5.10 Å². The number of hydrazone groups is 1. The van der Waals surface area contributed by atoms with Gasteiger partial charge in [-0.25, -0.2) is 5.43 Å². The number of rotatable bonds is 12. The zero-order valence-corrected chi connectivity index (χ0v) is 25.4. The number of amides is 1. The van der Waals surface area contributed by atoms with E-state index in [2.05, 4.69) is 41.1 Å². The molecule has 5 aromatic rings. The number of aryl methyl sites for hydroxylation is 2. The number of methoxy groups -OCH3 is 1. The van der Waals surface area contributed by atoms with Gasteiger partial charge in [0, 0.05) is 45.9 Å². The van der Waals surface area contributed by atoms with E-state index in [1.54, 1.807) is 30.3 Å². The van der Waals surface area contributed by atoms with Gasteiger partial charge in [-0.3, -0.25) is 14.9 Å². The second kappa shape index (κ2) is 13.8. The summed E-state index contributed by atoms with van der Waals surface area (Å²) >= 11 is 6.25. The Balaban J connectivity index is 1.19. The summed E-state index contributed by atoms with van der Waals surface area (Å²) in [6.07, 6.45) is 1.37. The van der Waals surface area contributed by atoms with E-state index in [9.17, 15) is 14.9 Å². The lowest BCUT2D eigenvalue weighted by Crippen LogP contribution is -2.17. The smallest absolute Gasteiger partial charge is 0.307 e. The highest BCUT2D eigenvalue weighted by atomic mass is 35.5. The molecule has 0 atom stereocenters. The number of ether oxygens (including phenoxy) is 3. The van der Waals surface area contributed by atoms with Crippen molar-refractivity contribution in [2.75, 3.05) is 7.11 Å². The van der Waals surface area contributed by atoms with E-state index in [0.717, 1.165) is 17.1 Å². The van der Waals surface area contributed by atoms with Crippen LogP contribution in [0.25, 0.3) is 5.69 Å². The molecular formula is C33H29ClN4O7. The van der Waals surface area contributed by atoms with E-state index in [0.29, 0.717) is 39.2 Å². The number of hydrogen-bond donors (Lipinski definition) is 1. The van der Waals surface area contributed by atoms with E-state index in [1.165, 1.54) is 31.5 Å². The van der Waals surface area contributed by atoms with Crippen LogP contribution in [0, 0.1) is 24.0 Å². The first kappa shape index (κ1) is 30.9. The molecule has 0 bridgehead atoms. The molecular weight excluding hydrogens is 600 g/mol. The predicted molar refractivity (Wildman–Crippen MR) is 169 cm³/mol. The number of benzene rings is 3. The van der Waals surface area contributed by atoms with Gasteiger partial charge in [-0.15, -0.1) is 0 Å². The quantitative estimate of drug-likeness (QED) is 0.0879. The van der Waals surface area contributed by atoms with Gasteiger partial charge in [0.1, 0.15) is 24.7 Å². The molecule has 2 aromatic heterocycles. The Morgan fingerprint density at radius 3 is 2.36 bits per heavy atom. The minimum absolute atomic E-state index is 0.0219. The SMILES string of the molecule is COc1cc(Cl)cc(C=NNC(=O)c2ccc(COc3ccc(-n4c(C)ccc4C)cc3)o2)c1OCc1ccc([N+](=O)[O-])cc1. The third kappa shape index (κ3) is 7.51.